The predicted octanol–water partition coefficient (Wildman–Crippen LogP) is 0.365. The second kappa shape index (κ2) is 5.10. The molecule has 0 radical (unpaired) electrons. The summed E-state index contributed by atoms with van der Waals surface area (Å²) >= 11 is 0. The number of H-pyrrole nitrogens is 1. The Morgan fingerprint density at radius 1 is 1.45 bits per heavy atom. The topological polar surface area (TPSA) is 115 Å². The van der Waals surface area contributed by atoms with Gasteiger partial charge in [-0.3, -0.25) is 14.6 Å². The molecule has 2 aromatic heterocycles. The minimum Gasteiger partial charge on any atom is -0.329 e. The molecule has 1 amide bonds. The zero-order valence-corrected chi connectivity index (χ0v) is 10.6. The highest BCUT2D eigenvalue weighted by atomic mass is 16.2. The summed E-state index contributed by atoms with van der Waals surface area (Å²) in [7, 11) is 0. The summed E-state index contributed by atoms with van der Waals surface area (Å²) in [6, 6.07) is 5.52. The quantitative estimate of drug-likeness (QED) is 0.634. The number of benzene rings is 1. The van der Waals surface area contributed by atoms with Crippen LogP contribution in [0.1, 0.15) is 10.5 Å². The molecule has 0 atom stereocenters. The van der Waals surface area contributed by atoms with Crippen molar-refractivity contribution in [1.82, 2.24) is 25.2 Å². The molecule has 0 saturated heterocycles. The molecule has 0 aliphatic carbocycles. The molecule has 102 valence electrons. The molecule has 3 rings (SSSR count). The number of anilines is 1. The number of carbonyl (C=O) groups is 1. The van der Waals surface area contributed by atoms with E-state index in [1.807, 2.05) is 12.1 Å². The molecule has 3 aromatic rings. The monoisotopic (exact) mass is 271 g/mol. The first-order valence-electron chi connectivity index (χ1n) is 6.11. The number of carbonyl (C=O) groups excluding carboxylic acids is 1. The second-order valence-corrected chi connectivity index (χ2v) is 4.25. The number of hydrogen-bond acceptors (Lipinski definition) is 5. The number of nitrogens with one attached hydrogen (secondary N) is 2. The van der Waals surface area contributed by atoms with Crippen LogP contribution in [0.2, 0.25) is 0 Å². The van der Waals surface area contributed by atoms with E-state index in [2.05, 4.69) is 25.8 Å². The Hall–Kier alpha value is -2.74. The maximum absolute atomic E-state index is 12.1. The Morgan fingerprint density at radius 2 is 2.35 bits per heavy atom. The second-order valence-electron chi connectivity index (χ2n) is 4.25. The van der Waals surface area contributed by atoms with E-state index in [-0.39, 0.29) is 11.6 Å². The number of aromatic amines is 1. The molecule has 20 heavy (non-hydrogen) atoms. The third-order valence-electron chi connectivity index (χ3n) is 2.86. The van der Waals surface area contributed by atoms with Gasteiger partial charge in [0.2, 0.25) is 0 Å². The van der Waals surface area contributed by atoms with Gasteiger partial charge in [-0.05, 0) is 12.1 Å². The third kappa shape index (κ3) is 2.24. The maximum Gasteiger partial charge on any atom is 0.277 e. The van der Waals surface area contributed by atoms with Crippen molar-refractivity contribution in [3.8, 4) is 0 Å². The van der Waals surface area contributed by atoms with E-state index in [1.54, 1.807) is 18.5 Å². The van der Waals surface area contributed by atoms with Crippen LogP contribution >= 0.6 is 0 Å². The number of hydrogen-bond donors (Lipinski definition) is 3. The zero-order valence-electron chi connectivity index (χ0n) is 10.6. The summed E-state index contributed by atoms with van der Waals surface area (Å²) in [4.78, 5) is 12.1. The number of rotatable bonds is 4. The summed E-state index contributed by atoms with van der Waals surface area (Å²) < 4.78 is 1.54. The van der Waals surface area contributed by atoms with E-state index in [9.17, 15) is 4.79 Å². The first kappa shape index (κ1) is 12.3. The number of fused-ring (bicyclic) bond motifs is 1. The Morgan fingerprint density at radius 3 is 3.20 bits per heavy atom. The molecule has 0 saturated carbocycles. The fourth-order valence-corrected chi connectivity index (χ4v) is 1.91. The number of aromatic nitrogens is 5. The minimum absolute atomic E-state index is 0.249. The van der Waals surface area contributed by atoms with Crippen LogP contribution in [0.4, 0.5) is 5.69 Å². The average Bonchev–Trinajstić information content (AvgIpc) is 3.08. The van der Waals surface area contributed by atoms with Gasteiger partial charge in [0.05, 0.1) is 30.1 Å². The normalized spacial score (nSPS) is 10.8. The molecular formula is C12H13N7O. The smallest absolute Gasteiger partial charge is 0.277 e. The maximum atomic E-state index is 12.1. The summed E-state index contributed by atoms with van der Waals surface area (Å²) in [6.45, 7) is 0.969. The Bertz CT molecular complexity index is 745. The van der Waals surface area contributed by atoms with E-state index in [0.29, 0.717) is 18.8 Å². The van der Waals surface area contributed by atoms with Gasteiger partial charge in [-0.1, -0.05) is 11.3 Å². The number of nitrogens with two attached hydrogens (primary N) is 1. The van der Waals surface area contributed by atoms with E-state index >= 15 is 0 Å². The van der Waals surface area contributed by atoms with Gasteiger partial charge < -0.3 is 11.1 Å². The van der Waals surface area contributed by atoms with Crippen molar-refractivity contribution >= 4 is 22.5 Å². The molecule has 0 aliphatic heterocycles. The van der Waals surface area contributed by atoms with Crippen molar-refractivity contribution in [2.24, 2.45) is 5.73 Å². The van der Waals surface area contributed by atoms with Crippen LogP contribution in [-0.4, -0.2) is 37.6 Å². The first-order chi connectivity index (χ1) is 9.78. The lowest BCUT2D eigenvalue weighted by Gasteiger charge is -2.03. The summed E-state index contributed by atoms with van der Waals surface area (Å²) in [5, 5.41) is 18.1. The molecule has 4 N–H and O–H groups in total. The lowest BCUT2D eigenvalue weighted by molar-refractivity contribution is 0.102. The van der Waals surface area contributed by atoms with Gasteiger partial charge in [-0.2, -0.15) is 5.10 Å². The van der Waals surface area contributed by atoms with Crippen LogP contribution in [0.5, 0.6) is 0 Å². The van der Waals surface area contributed by atoms with Crippen molar-refractivity contribution < 1.29 is 4.79 Å². The van der Waals surface area contributed by atoms with Crippen molar-refractivity contribution in [1.29, 1.82) is 0 Å². The standard InChI is InChI=1S/C12H13N7O/c13-4-5-19-7-11(17-18-19)12(20)15-9-2-1-3-10-8(9)6-14-16-10/h1-3,6-7H,4-5,13H2,(H,14,16)(H,15,20). The van der Waals surface area contributed by atoms with Crippen LogP contribution in [0, 0.1) is 0 Å². The van der Waals surface area contributed by atoms with E-state index in [4.69, 9.17) is 5.73 Å². The average molecular weight is 271 g/mol. The van der Waals surface area contributed by atoms with Gasteiger partial charge in [0, 0.05) is 11.9 Å². The van der Waals surface area contributed by atoms with Crippen molar-refractivity contribution in [3.63, 3.8) is 0 Å². The van der Waals surface area contributed by atoms with Gasteiger partial charge in [-0.25, -0.2) is 0 Å². The van der Waals surface area contributed by atoms with Crippen LogP contribution < -0.4 is 11.1 Å². The van der Waals surface area contributed by atoms with Crippen molar-refractivity contribution in [2.75, 3.05) is 11.9 Å². The molecule has 2 heterocycles. The van der Waals surface area contributed by atoms with Gasteiger partial charge in [0.25, 0.3) is 5.91 Å². The zero-order chi connectivity index (χ0) is 13.9. The minimum atomic E-state index is -0.318. The predicted molar refractivity (Wildman–Crippen MR) is 73.1 cm³/mol. The molecule has 0 aliphatic rings. The van der Waals surface area contributed by atoms with Crippen molar-refractivity contribution in [2.45, 2.75) is 6.54 Å². The number of nitrogens with zero attached hydrogens (tertiary/aromatic N) is 4. The summed E-state index contributed by atoms with van der Waals surface area (Å²) in [6.07, 6.45) is 3.23. The summed E-state index contributed by atoms with van der Waals surface area (Å²) in [5.74, 6) is -0.318. The number of amides is 1. The molecule has 0 fully saturated rings. The fourth-order valence-electron chi connectivity index (χ4n) is 1.91. The fraction of sp³-hybridized carbons (Fsp3) is 0.167. The van der Waals surface area contributed by atoms with Crippen LogP contribution in [0.15, 0.2) is 30.6 Å². The van der Waals surface area contributed by atoms with E-state index in [0.717, 1.165) is 10.9 Å². The van der Waals surface area contributed by atoms with Crippen LogP contribution in [0.25, 0.3) is 10.9 Å². The van der Waals surface area contributed by atoms with Gasteiger partial charge in [0.1, 0.15) is 0 Å². The molecule has 0 spiro atoms. The lowest BCUT2D eigenvalue weighted by atomic mass is 10.2. The highest BCUT2D eigenvalue weighted by Crippen LogP contribution is 2.21. The molecule has 0 unspecified atom stereocenters. The third-order valence-corrected chi connectivity index (χ3v) is 2.86. The highest BCUT2D eigenvalue weighted by molar-refractivity contribution is 6.07. The Labute approximate surface area is 114 Å². The van der Waals surface area contributed by atoms with E-state index < -0.39 is 0 Å². The SMILES string of the molecule is NCCn1cc(C(=O)Nc2cccc3[nH]ncc23)nn1. The lowest BCUT2D eigenvalue weighted by Crippen LogP contribution is -2.13. The Balaban J connectivity index is 1.83. The molecular weight excluding hydrogens is 258 g/mol. The van der Waals surface area contributed by atoms with Crippen LogP contribution in [-0.2, 0) is 6.54 Å². The van der Waals surface area contributed by atoms with Gasteiger partial charge in [0.15, 0.2) is 5.69 Å². The van der Waals surface area contributed by atoms with Crippen molar-refractivity contribution in [3.05, 3.63) is 36.3 Å². The molecule has 8 nitrogen and oxygen atoms in total. The van der Waals surface area contributed by atoms with Crippen LogP contribution in [0.3, 0.4) is 0 Å². The molecule has 1 aromatic carbocycles. The first-order valence-corrected chi connectivity index (χ1v) is 6.11. The summed E-state index contributed by atoms with van der Waals surface area (Å²) in [5.41, 5.74) is 7.20. The van der Waals surface area contributed by atoms with Gasteiger partial charge >= 0.3 is 0 Å². The molecule has 8 heteroatoms. The molecule has 0 bridgehead atoms. The van der Waals surface area contributed by atoms with Gasteiger partial charge in [-0.15, -0.1) is 5.10 Å². The highest BCUT2D eigenvalue weighted by Gasteiger charge is 2.12. The Kier molecular flexibility index (Phi) is 3.13. The largest absolute Gasteiger partial charge is 0.329 e. The van der Waals surface area contributed by atoms with E-state index in [1.165, 1.54) is 4.68 Å².